The van der Waals surface area contributed by atoms with E-state index in [1.54, 1.807) is 6.08 Å². The van der Waals surface area contributed by atoms with Crippen molar-refractivity contribution in [3.8, 4) is 12.3 Å². The van der Waals surface area contributed by atoms with Crippen LogP contribution < -0.4 is 0 Å². The Kier molecular flexibility index (Phi) is 5.47. The van der Waals surface area contributed by atoms with Gasteiger partial charge in [-0.1, -0.05) is 34.9 Å². The first-order valence-electron chi connectivity index (χ1n) is 6.89. The van der Waals surface area contributed by atoms with E-state index >= 15 is 0 Å². The molecule has 6 unspecified atom stereocenters. The summed E-state index contributed by atoms with van der Waals surface area (Å²) in [6, 6.07) is 0. The molecule has 0 amide bonds. The standard InChI is InChI=1S/C15H21BrO3/c1-3-5-6-7-11(17)14-8-10(16)13(19-14)9-15-12(4-2)18-15/h1,5-6,10-15,17H,4,7-9H2,2H3. The summed E-state index contributed by atoms with van der Waals surface area (Å²) in [6.07, 6.45) is 12.2. The zero-order valence-electron chi connectivity index (χ0n) is 11.2. The number of ether oxygens (including phenoxy) is 2. The number of halogens is 1. The predicted octanol–water partition coefficient (Wildman–Crippen LogP) is 2.42. The summed E-state index contributed by atoms with van der Waals surface area (Å²) in [7, 11) is 0. The number of aliphatic hydroxyl groups excluding tert-OH is 1. The van der Waals surface area contributed by atoms with Gasteiger partial charge in [0.25, 0.3) is 0 Å². The number of epoxide rings is 1. The number of alkyl halides is 1. The van der Waals surface area contributed by atoms with Crippen molar-refractivity contribution in [3.05, 3.63) is 12.2 Å². The molecule has 2 saturated heterocycles. The van der Waals surface area contributed by atoms with E-state index in [1.165, 1.54) is 0 Å². The van der Waals surface area contributed by atoms with Gasteiger partial charge in [0.15, 0.2) is 0 Å². The van der Waals surface area contributed by atoms with Crippen molar-refractivity contribution in [3.63, 3.8) is 0 Å². The third-order valence-electron chi connectivity index (χ3n) is 3.79. The third kappa shape index (κ3) is 4.06. The maximum atomic E-state index is 10.1. The van der Waals surface area contributed by atoms with Gasteiger partial charge in [-0.3, -0.25) is 0 Å². The lowest BCUT2D eigenvalue weighted by atomic mass is 10.0. The van der Waals surface area contributed by atoms with E-state index in [0.29, 0.717) is 23.5 Å². The first-order chi connectivity index (χ1) is 9.15. The van der Waals surface area contributed by atoms with E-state index < -0.39 is 6.10 Å². The lowest BCUT2D eigenvalue weighted by Gasteiger charge is -2.17. The Labute approximate surface area is 123 Å². The van der Waals surface area contributed by atoms with Crippen LogP contribution in [0.15, 0.2) is 12.2 Å². The van der Waals surface area contributed by atoms with Crippen molar-refractivity contribution in [1.29, 1.82) is 0 Å². The Morgan fingerprint density at radius 3 is 2.84 bits per heavy atom. The summed E-state index contributed by atoms with van der Waals surface area (Å²) in [5, 5.41) is 10.1. The average molecular weight is 329 g/mol. The SMILES string of the molecule is C#CC=CCC(O)C1CC(Br)C(CC2OC2CC)O1. The Morgan fingerprint density at radius 1 is 1.42 bits per heavy atom. The molecule has 106 valence electrons. The molecule has 19 heavy (non-hydrogen) atoms. The van der Waals surface area contributed by atoms with Gasteiger partial charge in [0, 0.05) is 11.2 Å². The number of rotatable bonds is 6. The van der Waals surface area contributed by atoms with E-state index in [0.717, 1.165) is 19.3 Å². The number of aliphatic hydroxyl groups is 1. The second-order valence-corrected chi connectivity index (χ2v) is 6.37. The van der Waals surface area contributed by atoms with Gasteiger partial charge >= 0.3 is 0 Å². The van der Waals surface area contributed by atoms with Crippen molar-refractivity contribution in [1.82, 2.24) is 0 Å². The Hall–Kier alpha value is -0.340. The lowest BCUT2D eigenvalue weighted by molar-refractivity contribution is -0.0356. The largest absolute Gasteiger partial charge is 0.390 e. The van der Waals surface area contributed by atoms with E-state index in [-0.39, 0.29) is 12.2 Å². The summed E-state index contributed by atoms with van der Waals surface area (Å²) in [6.45, 7) is 2.14. The first kappa shape index (κ1) is 15.1. The molecule has 0 saturated carbocycles. The molecule has 0 aromatic rings. The van der Waals surface area contributed by atoms with Crippen LogP contribution in [0.1, 0.15) is 32.6 Å². The fraction of sp³-hybridized carbons (Fsp3) is 0.733. The number of allylic oxidation sites excluding steroid dienone is 1. The maximum Gasteiger partial charge on any atom is 0.0866 e. The Morgan fingerprint density at radius 2 is 2.21 bits per heavy atom. The van der Waals surface area contributed by atoms with Crippen LogP contribution in [0, 0.1) is 12.3 Å². The zero-order valence-corrected chi connectivity index (χ0v) is 12.8. The van der Waals surface area contributed by atoms with Crippen LogP contribution in [0.5, 0.6) is 0 Å². The van der Waals surface area contributed by atoms with Gasteiger partial charge in [0.05, 0.1) is 30.5 Å². The highest BCUT2D eigenvalue weighted by molar-refractivity contribution is 9.09. The van der Waals surface area contributed by atoms with Crippen LogP contribution in [-0.4, -0.2) is 40.5 Å². The van der Waals surface area contributed by atoms with Gasteiger partial charge < -0.3 is 14.6 Å². The number of terminal acetylenes is 1. The molecule has 0 radical (unpaired) electrons. The van der Waals surface area contributed by atoms with Crippen molar-refractivity contribution in [2.45, 2.75) is 68.0 Å². The first-order valence-corrected chi connectivity index (χ1v) is 7.81. The minimum atomic E-state index is -0.489. The zero-order chi connectivity index (χ0) is 13.8. The molecular formula is C15H21BrO3. The van der Waals surface area contributed by atoms with Crippen LogP contribution in [0.25, 0.3) is 0 Å². The van der Waals surface area contributed by atoms with Crippen LogP contribution in [-0.2, 0) is 9.47 Å². The van der Waals surface area contributed by atoms with E-state index in [1.807, 2.05) is 6.08 Å². The molecule has 2 rings (SSSR count). The second kappa shape index (κ2) is 6.90. The average Bonchev–Trinajstić information content (AvgIpc) is 3.05. The van der Waals surface area contributed by atoms with Gasteiger partial charge in [-0.25, -0.2) is 0 Å². The highest BCUT2D eigenvalue weighted by Gasteiger charge is 2.44. The van der Waals surface area contributed by atoms with E-state index in [2.05, 4.69) is 28.8 Å². The fourth-order valence-electron chi connectivity index (χ4n) is 2.59. The highest BCUT2D eigenvalue weighted by atomic mass is 79.9. The quantitative estimate of drug-likeness (QED) is 0.462. The van der Waals surface area contributed by atoms with Crippen LogP contribution in [0.2, 0.25) is 0 Å². The lowest BCUT2D eigenvalue weighted by Crippen LogP contribution is -2.26. The number of hydrogen-bond acceptors (Lipinski definition) is 3. The van der Waals surface area contributed by atoms with Crippen LogP contribution in [0.3, 0.4) is 0 Å². The van der Waals surface area contributed by atoms with Crippen molar-refractivity contribution in [2.75, 3.05) is 0 Å². The molecule has 2 heterocycles. The van der Waals surface area contributed by atoms with Crippen molar-refractivity contribution in [2.24, 2.45) is 0 Å². The van der Waals surface area contributed by atoms with Gasteiger partial charge in [-0.2, -0.15) is 0 Å². The molecule has 2 fully saturated rings. The Bertz CT molecular complexity index is 363. The molecule has 1 N–H and O–H groups in total. The second-order valence-electron chi connectivity index (χ2n) is 5.19. The summed E-state index contributed by atoms with van der Waals surface area (Å²) in [4.78, 5) is 0.297. The molecule has 0 spiro atoms. The molecule has 0 aromatic heterocycles. The van der Waals surface area contributed by atoms with Crippen LogP contribution >= 0.6 is 15.9 Å². The predicted molar refractivity (Wildman–Crippen MR) is 78.2 cm³/mol. The maximum absolute atomic E-state index is 10.1. The molecule has 0 aromatic carbocycles. The molecule has 4 heteroatoms. The molecular weight excluding hydrogens is 308 g/mol. The van der Waals surface area contributed by atoms with Crippen molar-refractivity contribution < 1.29 is 14.6 Å². The normalized spacial score (nSPS) is 39.4. The Balaban J connectivity index is 1.77. The van der Waals surface area contributed by atoms with E-state index in [4.69, 9.17) is 15.9 Å². The van der Waals surface area contributed by atoms with E-state index in [9.17, 15) is 5.11 Å². The van der Waals surface area contributed by atoms with Gasteiger partial charge in [0.1, 0.15) is 0 Å². The minimum absolute atomic E-state index is 0.115. The molecule has 0 aliphatic carbocycles. The van der Waals surface area contributed by atoms with Gasteiger partial charge in [-0.05, 0) is 25.3 Å². The minimum Gasteiger partial charge on any atom is -0.390 e. The summed E-state index contributed by atoms with van der Waals surface area (Å²) in [5.74, 6) is 2.42. The summed E-state index contributed by atoms with van der Waals surface area (Å²) >= 11 is 3.65. The van der Waals surface area contributed by atoms with Crippen molar-refractivity contribution >= 4 is 15.9 Å². The summed E-state index contributed by atoms with van der Waals surface area (Å²) < 4.78 is 11.5. The smallest absolute Gasteiger partial charge is 0.0866 e. The monoisotopic (exact) mass is 328 g/mol. The molecule has 6 atom stereocenters. The molecule has 2 aliphatic heterocycles. The third-order valence-corrected chi connectivity index (χ3v) is 4.75. The highest BCUT2D eigenvalue weighted by Crippen LogP contribution is 2.37. The van der Waals surface area contributed by atoms with Gasteiger partial charge in [0.2, 0.25) is 0 Å². The molecule has 0 bridgehead atoms. The fourth-order valence-corrected chi connectivity index (χ4v) is 3.30. The molecule has 3 nitrogen and oxygen atoms in total. The van der Waals surface area contributed by atoms with Crippen LogP contribution in [0.4, 0.5) is 0 Å². The summed E-state index contributed by atoms with van der Waals surface area (Å²) in [5.41, 5.74) is 0. The number of hydrogen-bond donors (Lipinski definition) is 1. The molecule has 2 aliphatic rings. The topological polar surface area (TPSA) is 42.0 Å². The van der Waals surface area contributed by atoms with Gasteiger partial charge in [-0.15, -0.1) is 6.42 Å².